The Morgan fingerprint density at radius 3 is 2.62 bits per heavy atom. The van der Waals surface area contributed by atoms with Crippen LogP contribution < -0.4 is 4.74 Å². The molecule has 0 saturated carbocycles. The van der Waals surface area contributed by atoms with Crippen LogP contribution in [0.15, 0.2) is 36.7 Å². The predicted octanol–water partition coefficient (Wildman–Crippen LogP) is 1.49. The number of benzene rings is 1. The number of piperazine rings is 1. The third-order valence-electron chi connectivity index (χ3n) is 4.30. The van der Waals surface area contributed by atoms with Crippen LogP contribution in [0.25, 0.3) is 0 Å². The Morgan fingerprint density at radius 2 is 1.92 bits per heavy atom. The molecule has 0 N–H and O–H groups in total. The fraction of sp³-hybridized carbons (Fsp3) is 0.444. The minimum atomic E-state index is 0.596. The summed E-state index contributed by atoms with van der Waals surface area (Å²) in [6.07, 6.45) is 4.01. The summed E-state index contributed by atoms with van der Waals surface area (Å²) in [5.41, 5.74) is 1.86. The van der Waals surface area contributed by atoms with E-state index in [4.69, 9.17) is 10.00 Å². The van der Waals surface area contributed by atoms with E-state index in [1.807, 2.05) is 36.1 Å². The molecule has 0 amide bonds. The summed E-state index contributed by atoms with van der Waals surface area (Å²) < 4.78 is 7.62. The molecule has 1 aromatic heterocycles. The molecular formula is C18H23N5O. The van der Waals surface area contributed by atoms with Gasteiger partial charge in [0.15, 0.2) is 0 Å². The molecule has 24 heavy (non-hydrogen) atoms. The normalized spacial score (nSPS) is 16.0. The number of aryl methyl sites for hydroxylation is 1. The zero-order valence-corrected chi connectivity index (χ0v) is 14.1. The maximum atomic E-state index is 9.07. The topological polar surface area (TPSA) is 57.3 Å². The summed E-state index contributed by atoms with van der Waals surface area (Å²) in [7, 11) is 1.95. The third kappa shape index (κ3) is 4.34. The Balaban J connectivity index is 1.39. The van der Waals surface area contributed by atoms with Gasteiger partial charge in [-0.2, -0.15) is 10.4 Å². The first-order valence-corrected chi connectivity index (χ1v) is 8.29. The molecule has 0 atom stereocenters. The van der Waals surface area contributed by atoms with Gasteiger partial charge < -0.3 is 4.74 Å². The van der Waals surface area contributed by atoms with Gasteiger partial charge in [0.25, 0.3) is 0 Å². The fourth-order valence-corrected chi connectivity index (χ4v) is 2.95. The van der Waals surface area contributed by atoms with Gasteiger partial charge in [-0.05, 0) is 12.1 Å². The summed E-state index contributed by atoms with van der Waals surface area (Å²) >= 11 is 0. The zero-order valence-electron chi connectivity index (χ0n) is 14.1. The van der Waals surface area contributed by atoms with Gasteiger partial charge in [0.05, 0.1) is 11.8 Å². The van der Waals surface area contributed by atoms with Crippen molar-refractivity contribution >= 4 is 0 Å². The molecule has 1 aliphatic heterocycles. The Kier molecular flexibility index (Phi) is 5.47. The zero-order chi connectivity index (χ0) is 16.8. The van der Waals surface area contributed by atoms with E-state index < -0.39 is 0 Å². The van der Waals surface area contributed by atoms with Crippen molar-refractivity contribution in [2.75, 3.05) is 39.3 Å². The standard InChI is InChI=1S/C18H23N5O/c1-21-14-16(13-20-21)15-23-8-6-22(7-9-23)10-11-24-18-5-3-2-4-17(18)12-19/h2-5,13-14H,6-11,15H2,1H3. The van der Waals surface area contributed by atoms with Gasteiger partial charge in [-0.1, -0.05) is 12.1 Å². The molecule has 1 aromatic carbocycles. The van der Waals surface area contributed by atoms with Crippen molar-refractivity contribution in [3.05, 3.63) is 47.8 Å². The lowest BCUT2D eigenvalue weighted by Crippen LogP contribution is -2.46. The average molecular weight is 325 g/mol. The Hall–Kier alpha value is -2.36. The molecule has 1 saturated heterocycles. The molecule has 6 nitrogen and oxygen atoms in total. The van der Waals surface area contributed by atoms with E-state index in [0.29, 0.717) is 17.9 Å². The maximum absolute atomic E-state index is 9.07. The van der Waals surface area contributed by atoms with Crippen LogP contribution in [-0.4, -0.2) is 58.9 Å². The molecule has 3 rings (SSSR count). The van der Waals surface area contributed by atoms with Crippen molar-refractivity contribution in [1.82, 2.24) is 19.6 Å². The fourth-order valence-electron chi connectivity index (χ4n) is 2.95. The van der Waals surface area contributed by atoms with E-state index in [0.717, 1.165) is 39.3 Å². The first-order valence-electron chi connectivity index (χ1n) is 8.29. The highest BCUT2D eigenvalue weighted by atomic mass is 16.5. The first kappa shape index (κ1) is 16.5. The van der Waals surface area contributed by atoms with Gasteiger partial charge >= 0.3 is 0 Å². The van der Waals surface area contributed by atoms with Gasteiger partial charge in [-0.15, -0.1) is 0 Å². The van der Waals surface area contributed by atoms with E-state index in [-0.39, 0.29) is 0 Å². The Labute approximate surface area is 142 Å². The average Bonchev–Trinajstić information content (AvgIpc) is 3.02. The number of para-hydroxylation sites is 1. The van der Waals surface area contributed by atoms with Crippen LogP contribution in [0.3, 0.4) is 0 Å². The number of aromatic nitrogens is 2. The molecule has 1 aliphatic rings. The van der Waals surface area contributed by atoms with Crippen molar-refractivity contribution in [2.45, 2.75) is 6.54 Å². The van der Waals surface area contributed by atoms with E-state index in [2.05, 4.69) is 27.2 Å². The van der Waals surface area contributed by atoms with Crippen LogP contribution in [0.4, 0.5) is 0 Å². The minimum absolute atomic E-state index is 0.596. The molecule has 0 spiro atoms. The van der Waals surface area contributed by atoms with Crippen LogP contribution >= 0.6 is 0 Å². The largest absolute Gasteiger partial charge is 0.491 e. The maximum Gasteiger partial charge on any atom is 0.137 e. The summed E-state index contributed by atoms with van der Waals surface area (Å²) in [6.45, 7) is 6.68. The second-order valence-corrected chi connectivity index (χ2v) is 6.10. The second-order valence-electron chi connectivity index (χ2n) is 6.10. The Morgan fingerprint density at radius 1 is 1.17 bits per heavy atom. The number of nitrogens with zero attached hydrogens (tertiary/aromatic N) is 5. The Bertz CT molecular complexity index is 697. The van der Waals surface area contributed by atoms with E-state index in [1.54, 1.807) is 6.07 Å². The molecule has 126 valence electrons. The highest BCUT2D eigenvalue weighted by molar-refractivity contribution is 5.42. The summed E-state index contributed by atoms with van der Waals surface area (Å²) in [4.78, 5) is 4.87. The SMILES string of the molecule is Cn1cc(CN2CCN(CCOc3ccccc3C#N)CC2)cn1. The smallest absolute Gasteiger partial charge is 0.137 e. The van der Waals surface area contributed by atoms with E-state index in [9.17, 15) is 0 Å². The van der Waals surface area contributed by atoms with E-state index in [1.165, 1.54) is 5.56 Å². The molecule has 0 unspecified atom stereocenters. The number of ether oxygens (including phenoxy) is 1. The molecule has 0 radical (unpaired) electrons. The van der Waals surface area contributed by atoms with Gasteiger partial charge in [0.1, 0.15) is 18.4 Å². The molecular weight excluding hydrogens is 302 g/mol. The highest BCUT2D eigenvalue weighted by Gasteiger charge is 2.17. The summed E-state index contributed by atoms with van der Waals surface area (Å²) in [5.74, 6) is 0.676. The van der Waals surface area contributed by atoms with Crippen LogP contribution in [0.5, 0.6) is 5.75 Å². The minimum Gasteiger partial charge on any atom is -0.491 e. The quantitative estimate of drug-likeness (QED) is 0.805. The molecule has 2 heterocycles. The monoisotopic (exact) mass is 325 g/mol. The van der Waals surface area contributed by atoms with Gasteiger partial charge in [-0.3, -0.25) is 14.5 Å². The van der Waals surface area contributed by atoms with Crippen molar-refractivity contribution in [2.24, 2.45) is 7.05 Å². The van der Waals surface area contributed by atoms with Gasteiger partial charge in [0, 0.05) is 58.1 Å². The number of rotatable bonds is 6. The molecule has 0 aliphatic carbocycles. The predicted molar refractivity (Wildman–Crippen MR) is 91.6 cm³/mol. The number of nitriles is 1. The molecule has 6 heteroatoms. The lowest BCUT2D eigenvalue weighted by atomic mass is 10.2. The van der Waals surface area contributed by atoms with Crippen molar-refractivity contribution in [3.8, 4) is 11.8 Å². The van der Waals surface area contributed by atoms with Crippen molar-refractivity contribution < 1.29 is 4.74 Å². The molecule has 1 fully saturated rings. The van der Waals surface area contributed by atoms with Crippen LogP contribution in [-0.2, 0) is 13.6 Å². The lowest BCUT2D eigenvalue weighted by molar-refractivity contribution is 0.112. The number of hydrogen-bond acceptors (Lipinski definition) is 5. The van der Waals surface area contributed by atoms with Crippen LogP contribution in [0, 0.1) is 11.3 Å². The van der Waals surface area contributed by atoms with Crippen LogP contribution in [0.1, 0.15) is 11.1 Å². The van der Waals surface area contributed by atoms with Crippen molar-refractivity contribution in [3.63, 3.8) is 0 Å². The van der Waals surface area contributed by atoms with Crippen molar-refractivity contribution in [1.29, 1.82) is 5.26 Å². The summed E-state index contributed by atoms with van der Waals surface area (Å²) in [5, 5.41) is 13.3. The molecule has 2 aromatic rings. The van der Waals surface area contributed by atoms with Crippen LogP contribution in [0.2, 0.25) is 0 Å². The second kappa shape index (κ2) is 7.95. The third-order valence-corrected chi connectivity index (χ3v) is 4.30. The van der Waals surface area contributed by atoms with E-state index >= 15 is 0 Å². The first-order chi connectivity index (χ1) is 11.7. The van der Waals surface area contributed by atoms with Gasteiger partial charge in [0.2, 0.25) is 0 Å². The molecule has 0 bridgehead atoms. The highest BCUT2D eigenvalue weighted by Crippen LogP contribution is 2.16. The van der Waals surface area contributed by atoms with Gasteiger partial charge in [-0.25, -0.2) is 0 Å². The lowest BCUT2D eigenvalue weighted by Gasteiger charge is -2.34. The number of hydrogen-bond donors (Lipinski definition) is 0. The summed E-state index contributed by atoms with van der Waals surface area (Å²) in [6, 6.07) is 9.55.